The van der Waals surface area contributed by atoms with E-state index in [0.29, 0.717) is 18.9 Å². The molecule has 0 radical (unpaired) electrons. The van der Waals surface area contributed by atoms with Gasteiger partial charge in [0.2, 0.25) is 11.8 Å². The Morgan fingerprint density at radius 1 is 1.18 bits per heavy atom. The molecule has 118 valence electrons. The van der Waals surface area contributed by atoms with Crippen LogP contribution in [0.15, 0.2) is 24.3 Å². The number of hydrogen-bond acceptors (Lipinski definition) is 2. The third kappa shape index (κ3) is 3.67. The minimum atomic E-state index is 0.0522. The predicted molar refractivity (Wildman–Crippen MR) is 86.7 cm³/mol. The molecule has 1 aliphatic heterocycles. The summed E-state index contributed by atoms with van der Waals surface area (Å²) in [6.45, 7) is 0. The third-order valence-electron chi connectivity index (χ3n) is 4.80. The average molecular weight is 300 g/mol. The summed E-state index contributed by atoms with van der Waals surface area (Å²) >= 11 is 0. The van der Waals surface area contributed by atoms with Gasteiger partial charge in [-0.1, -0.05) is 37.5 Å². The van der Waals surface area contributed by atoms with Crippen LogP contribution in [-0.2, 0) is 9.59 Å². The van der Waals surface area contributed by atoms with Crippen LogP contribution < -0.4 is 10.6 Å². The summed E-state index contributed by atoms with van der Waals surface area (Å²) in [5, 5.41) is 6.06. The van der Waals surface area contributed by atoms with Crippen LogP contribution in [0.4, 0.5) is 5.69 Å². The molecule has 2 N–H and O–H groups in total. The molecule has 0 spiro atoms. The number of para-hydroxylation sites is 1. The van der Waals surface area contributed by atoms with Crippen molar-refractivity contribution < 1.29 is 9.59 Å². The number of hydrogen-bond donors (Lipinski definition) is 2. The Morgan fingerprint density at radius 2 is 1.95 bits per heavy atom. The fourth-order valence-electron chi connectivity index (χ4n) is 3.61. The van der Waals surface area contributed by atoms with Crippen molar-refractivity contribution in [1.82, 2.24) is 5.32 Å². The monoisotopic (exact) mass is 300 g/mol. The van der Waals surface area contributed by atoms with E-state index < -0.39 is 0 Å². The Morgan fingerprint density at radius 3 is 2.77 bits per heavy atom. The largest absolute Gasteiger partial charge is 0.353 e. The summed E-state index contributed by atoms with van der Waals surface area (Å²) < 4.78 is 0. The molecular weight excluding hydrogens is 276 g/mol. The second kappa shape index (κ2) is 6.95. The van der Waals surface area contributed by atoms with Crippen LogP contribution in [0, 0.1) is 0 Å². The summed E-state index contributed by atoms with van der Waals surface area (Å²) in [5.41, 5.74) is 2.06. The van der Waals surface area contributed by atoms with Crippen LogP contribution in [0.5, 0.6) is 0 Å². The molecule has 2 aliphatic rings. The Balaban J connectivity index is 1.54. The summed E-state index contributed by atoms with van der Waals surface area (Å²) in [4.78, 5) is 23.9. The summed E-state index contributed by atoms with van der Waals surface area (Å²) in [6, 6.07) is 8.27. The fraction of sp³-hybridized carbons (Fsp3) is 0.556. The number of fused-ring (bicyclic) bond motifs is 1. The van der Waals surface area contributed by atoms with Crippen molar-refractivity contribution in [2.75, 3.05) is 5.32 Å². The maximum absolute atomic E-state index is 12.1. The van der Waals surface area contributed by atoms with Crippen molar-refractivity contribution in [3.05, 3.63) is 29.8 Å². The Hall–Kier alpha value is -1.84. The molecule has 4 heteroatoms. The second-order valence-corrected chi connectivity index (χ2v) is 6.48. The molecule has 1 fully saturated rings. The Bertz CT molecular complexity index is 550. The molecule has 2 amide bonds. The van der Waals surface area contributed by atoms with Crippen LogP contribution in [-0.4, -0.2) is 17.9 Å². The maximum atomic E-state index is 12.1. The van der Waals surface area contributed by atoms with Gasteiger partial charge in [-0.05, 0) is 36.8 Å². The minimum absolute atomic E-state index is 0.0522. The van der Waals surface area contributed by atoms with Crippen molar-refractivity contribution in [2.45, 2.75) is 63.3 Å². The van der Waals surface area contributed by atoms with E-state index in [1.807, 2.05) is 18.2 Å². The van der Waals surface area contributed by atoms with Gasteiger partial charge in [0, 0.05) is 24.6 Å². The van der Waals surface area contributed by atoms with E-state index >= 15 is 0 Å². The standard InChI is InChI=1S/C18H24N2O2/c21-17(19-14-6-2-1-3-7-14)11-10-13-12-18(22)20-16-9-5-4-8-15(13)16/h4-5,8-9,13-14H,1-3,6-7,10-12H2,(H,19,21)(H,20,22). The quantitative estimate of drug-likeness (QED) is 0.896. The number of carbonyl (C=O) groups excluding carboxylic acids is 2. The van der Waals surface area contributed by atoms with Gasteiger partial charge >= 0.3 is 0 Å². The normalized spacial score (nSPS) is 21.8. The molecule has 4 nitrogen and oxygen atoms in total. The lowest BCUT2D eigenvalue weighted by molar-refractivity contribution is -0.122. The summed E-state index contributed by atoms with van der Waals surface area (Å²) in [7, 11) is 0. The van der Waals surface area contributed by atoms with E-state index in [1.54, 1.807) is 0 Å². The van der Waals surface area contributed by atoms with Gasteiger partial charge in [0.15, 0.2) is 0 Å². The zero-order chi connectivity index (χ0) is 15.4. The van der Waals surface area contributed by atoms with Crippen LogP contribution in [0.2, 0.25) is 0 Å². The number of amides is 2. The van der Waals surface area contributed by atoms with Gasteiger partial charge in [0.05, 0.1) is 0 Å². The van der Waals surface area contributed by atoms with Crippen molar-refractivity contribution in [2.24, 2.45) is 0 Å². The van der Waals surface area contributed by atoms with Gasteiger partial charge in [-0.15, -0.1) is 0 Å². The predicted octanol–water partition coefficient (Wildman–Crippen LogP) is 3.34. The van der Waals surface area contributed by atoms with Crippen molar-refractivity contribution in [3.8, 4) is 0 Å². The highest BCUT2D eigenvalue weighted by atomic mass is 16.2. The lowest BCUT2D eigenvalue weighted by atomic mass is 9.87. The highest BCUT2D eigenvalue weighted by Gasteiger charge is 2.25. The van der Waals surface area contributed by atoms with Gasteiger partial charge in [-0.3, -0.25) is 9.59 Å². The first-order chi connectivity index (χ1) is 10.7. The molecule has 1 saturated carbocycles. The minimum Gasteiger partial charge on any atom is -0.353 e. The maximum Gasteiger partial charge on any atom is 0.224 e. The molecule has 1 aromatic carbocycles. The number of rotatable bonds is 4. The van der Waals surface area contributed by atoms with E-state index in [4.69, 9.17) is 0 Å². The molecule has 1 unspecified atom stereocenters. The lowest BCUT2D eigenvalue weighted by Gasteiger charge is -2.26. The van der Waals surface area contributed by atoms with E-state index in [1.165, 1.54) is 19.3 Å². The number of nitrogens with one attached hydrogen (secondary N) is 2. The molecule has 1 aliphatic carbocycles. The van der Waals surface area contributed by atoms with Gasteiger partial charge in [-0.25, -0.2) is 0 Å². The summed E-state index contributed by atoms with van der Waals surface area (Å²) in [5.74, 6) is 0.341. The second-order valence-electron chi connectivity index (χ2n) is 6.48. The first-order valence-electron chi connectivity index (χ1n) is 8.40. The molecule has 3 rings (SSSR count). The summed E-state index contributed by atoms with van der Waals surface area (Å²) in [6.07, 6.45) is 7.68. The Kier molecular flexibility index (Phi) is 4.76. The molecular formula is C18H24N2O2. The zero-order valence-corrected chi connectivity index (χ0v) is 12.9. The Labute approximate surface area is 131 Å². The van der Waals surface area contributed by atoms with Gasteiger partial charge in [0.1, 0.15) is 0 Å². The molecule has 22 heavy (non-hydrogen) atoms. The van der Waals surface area contributed by atoms with Gasteiger partial charge < -0.3 is 10.6 Å². The van der Waals surface area contributed by atoms with E-state index in [2.05, 4.69) is 16.7 Å². The zero-order valence-electron chi connectivity index (χ0n) is 12.9. The van der Waals surface area contributed by atoms with Gasteiger partial charge in [0.25, 0.3) is 0 Å². The van der Waals surface area contributed by atoms with Crippen LogP contribution in [0.3, 0.4) is 0 Å². The molecule has 0 saturated heterocycles. The van der Waals surface area contributed by atoms with E-state index in [0.717, 1.165) is 30.5 Å². The SMILES string of the molecule is O=C1CC(CCC(=O)NC2CCCCC2)c2ccccc2N1. The van der Waals surface area contributed by atoms with Crippen molar-refractivity contribution >= 4 is 17.5 Å². The molecule has 1 heterocycles. The molecule has 1 aromatic rings. The highest BCUT2D eigenvalue weighted by molar-refractivity contribution is 5.94. The van der Waals surface area contributed by atoms with Crippen molar-refractivity contribution in [1.29, 1.82) is 0 Å². The van der Waals surface area contributed by atoms with Crippen LogP contribution >= 0.6 is 0 Å². The van der Waals surface area contributed by atoms with Crippen LogP contribution in [0.1, 0.15) is 62.8 Å². The molecule has 1 atom stereocenters. The average Bonchev–Trinajstić information content (AvgIpc) is 2.53. The van der Waals surface area contributed by atoms with Crippen LogP contribution in [0.25, 0.3) is 0 Å². The smallest absolute Gasteiger partial charge is 0.224 e. The first kappa shape index (κ1) is 15.1. The molecule has 0 bridgehead atoms. The van der Waals surface area contributed by atoms with E-state index in [-0.39, 0.29) is 17.7 Å². The number of carbonyl (C=O) groups is 2. The number of anilines is 1. The van der Waals surface area contributed by atoms with Gasteiger partial charge in [-0.2, -0.15) is 0 Å². The fourth-order valence-corrected chi connectivity index (χ4v) is 3.61. The van der Waals surface area contributed by atoms with Crippen molar-refractivity contribution in [3.63, 3.8) is 0 Å². The third-order valence-corrected chi connectivity index (χ3v) is 4.80. The number of benzene rings is 1. The van der Waals surface area contributed by atoms with E-state index in [9.17, 15) is 9.59 Å². The molecule has 0 aromatic heterocycles. The topological polar surface area (TPSA) is 58.2 Å². The first-order valence-corrected chi connectivity index (χ1v) is 8.40. The highest BCUT2D eigenvalue weighted by Crippen LogP contribution is 2.34. The lowest BCUT2D eigenvalue weighted by Crippen LogP contribution is -2.36.